The van der Waals surface area contributed by atoms with E-state index in [2.05, 4.69) is 0 Å². The van der Waals surface area contributed by atoms with E-state index in [1.54, 1.807) is 12.1 Å². The SMILES string of the molecule is O=c1c2ccccc2sc2c(CO)c(CO)ccc12. The van der Waals surface area contributed by atoms with Crippen LogP contribution in [-0.4, -0.2) is 10.2 Å². The van der Waals surface area contributed by atoms with Crippen LogP contribution in [0.3, 0.4) is 0 Å². The minimum absolute atomic E-state index is 0.0245. The number of hydrogen-bond acceptors (Lipinski definition) is 4. The fraction of sp³-hybridized carbons (Fsp3) is 0.133. The summed E-state index contributed by atoms with van der Waals surface area (Å²) < 4.78 is 1.66. The molecule has 0 atom stereocenters. The minimum Gasteiger partial charge on any atom is -0.392 e. The van der Waals surface area contributed by atoms with Crippen LogP contribution in [0.2, 0.25) is 0 Å². The van der Waals surface area contributed by atoms with Crippen molar-refractivity contribution in [3.8, 4) is 0 Å². The van der Waals surface area contributed by atoms with Crippen LogP contribution in [0, 0.1) is 0 Å². The highest BCUT2D eigenvalue weighted by Crippen LogP contribution is 2.29. The zero-order chi connectivity index (χ0) is 13.4. The lowest BCUT2D eigenvalue weighted by Gasteiger charge is -2.09. The number of hydrogen-bond donors (Lipinski definition) is 2. The summed E-state index contributed by atoms with van der Waals surface area (Å²) in [6, 6.07) is 10.9. The molecule has 0 saturated carbocycles. The van der Waals surface area contributed by atoms with Crippen molar-refractivity contribution in [2.45, 2.75) is 13.2 Å². The van der Waals surface area contributed by atoms with E-state index in [1.165, 1.54) is 11.3 Å². The number of aliphatic hydroxyl groups is 2. The van der Waals surface area contributed by atoms with Crippen LogP contribution in [-0.2, 0) is 13.2 Å². The molecule has 0 amide bonds. The number of fused-ring (bicyclic) bond motifs is 2. The maximum atomic E-state index is 12.4. The van der Waals surface area contributed by atoms with E-state index < -0.39 is 0 Å². The Morgan fingerprint density at radius 3 is 2.47 bits per heavy atom. The Hall–Kier alpha value is -1.75. The monoisotopic (exact) mass is 272 g/mol. The zero-order valence-corrected chi connectivity index (χ0v) is 10.9. The topological polar surface area (TPSA) is 57.5 Å². The van der Waals surface area contributed by atoms with Crippen molar-refractivity contribution in [3.05, 3.63) is 57.7 Å². The van der Waals surface area contributed by atoms with Crippen LogP contribution >= 0.6 is 11.3 Å². The predicted octanol–water partition coefficient (Wildman–Crippen LogP) is 2.40. The van der Waals surface area contributed by atoms with Crippen LogP contribution in [0.1, 0.15) is 11.1 Å². The largest absolute Gasteiger partial charge is 0.392 e. The van der Waals surface area contributed by atoms with E-state index >= 15 is 0 Å². The van der Waals surface area contributed by atoms with Gasteiger partial charge in [0, 0.05) is 25.7 Å². The smallest absolute Gasteiger partial charge is 0.195 e. The van der Waals surface area contributed by atoms with Gasteiger partial charge in [-0.05, 0) is 23.8 Å². The summed E-state index contributed by atoms with van der Waals surface area (Å²) in [6.07, 6.45) is 0. The Bertz CT molecular complexity index is 821. The fourth-order valence-electron chi connectivity index (χ4n) is 2.28. The highest BCUT2D eigenvalue weighted by atomic mass is 32.1. The summed E-state index contributed by atoms with van der Waals surface area (Å²) in [5, 5.41) is 20.1. The van der Waals surface area contributed by atoms with Gasteiger partial charge in [-0.3, -0.25) is 4.79 Å². The van der Waals surface area contributed by atoms with Crippen molar-refractivity contribution >= 4 is 31.5 Å². The van der Waals surface area contributed by atoms with Crippen LogP contribution in [0.4, 0.5) is 0 Å². The van der Waals surface area contributed by atoms with Gasteiger partial charge in [0.25, 0.3) is 0 Å². The molecule has 1 aromatic heterocycles. The summed E-state index contributed by atoms with van der Waals surface area (Å²) in [5.41, 5.74) is 1.29. The lowest BCUT2D eigenvalue weighted by molar-refractivity contribution is 0.261. The number of aliphatic hydroxyl groups excluding tert-OH is 2. The van der Waals surface area contributed by atoms with E-state index in [0.29, 0.717) is 21.9 Å². The van der Waals surface area contributed by atoms with Crippen molar-refractivity contribution in [2.24, 2.45) is 0 Å². The molecule has 4 heteroatoms. The van der Waals surface area contributed by atoms with Crippen molar-refractivity contribution in [1.82, 2.24) is 0 Å². The molecule has 0 aliphatic rings. The first-order valence-corrected chi connectivity index (χ1v) is 6.76. The molecule has 0 spiro atoms. The maximum absolute atomic E-state index is 12.4. The molecule has 3 rings (SSSR count). The average molecular weight is 272 g/mol. The summed E-state index contributed by atoms with van der Waals surface area (Å²) in [6.45, 7) is -0.318. The highest BCUT2D eigenvalue weighted by Gasteiger charge is 2.11. The molecule has 0 fully saturated rings. The predicted molar refractivity (Wildman–Crippen MR) is 77.4 cm³/mol. The first-order valence-electron chi connectivity index (χ1n) is 5.94. The Morgan fingerprint density at radius 2 is 1.74 bits per heavy atom. The lowest BCUT2D eigenvalue weighted by atomic mass is 10.1. The molecule has 0 unspecified atom stereocenters. The number of rotatable bonds is 2. The Labute approximate surface area is 113 Å². The standard InChI is InChI=1S/C15H12O3S/c16-7-9-5-6-11-14(18)10-3-1-2-4-13(10)19-15(11)12(9)8-17/h1-6,16-17H,7-8H2. The van der Waals surface area contributed by atoms with Gasteiger partial charge in [0.05, 0.1) is 13.2 Å². The minimum atomic E-state index is -0.179. The summed E-state index contributed by atoms with van der Waals surface area (Å²) >= 11 is 1.48. The highest BCUT2D eigenvalue weighted by molar-refractivity contribution is 7.24. The van der Waals surface area contributed by atoms with Gasteiger partial charge >= 0.3 is 0 Å². The molecule has 19 heavy (non-hydrogen) atoms. The molecule has 0 aliphatic carbocycles. The molecule has 2 aromatic carbocycles. The van der Waals surface area contributed by atoms with Gasteiger partial charge in [-0.1, -0.05) is 18.2 Å². The van der Waals surface area contributed by atoms with E-state index in [-0.39, 0.29) is 18.6 Å². The van der Waals surface area contributed by atoms with Crippen LogP contribution in [0.5, 0.6) is 0 Å². The van der Waals surface area contributed by atoms with Crippen LogP contribution in [0.15, 0.2) is 41.2 Å². The van der Waals surface area contributed by atoms with Gasteiger partial charge in [0.15, 0.2) is 5.43 Å². The zero-order valence-electron chi connectivity index (χ0n) is 10.1. The van der Waals surface area contributed by atoms with Crippen LogP contribution in [0.25, 0.3) is 20.2 Å². The lowest BCUT2D eigenvalue weighted by Crippen LogP contribution is -2.04. The maximum Gasteiger partial charge on any atom is 0.195 e. The Kier molecular flexibility index (Phi) is 3.06. The second-order valence-electron chi connectivity index (χ2n) is 4.32. The van der Waals surface area contributed by atoms with Gasteiger partial charge in [0.1, 0.15) is 0 Å². The summed E-state index contributed by atoms with van der Waals surface area (Å²) in [4.78, 5) is 12.4. The normalized spacial score (nSPS) is 11.3. The molecule has 2 N–H and O–H groups in total. The molecule has 0 saturated heterocycles. The van der Waals surface area contributed by atoms with Gasteiger partial charge in [0.2, 0.25) is 0 Å². The van der Waals surface area contributed by atoms with Crippen LogP contribution < -0.4 is 5.43 Å². The average Bonchev–Trinajstić information content (AvgIpc) is 2.46. The first kappa shape index (κ1) is 12.3. The van der Waals surface area contributed by atoms with Crippen molar-refractivity contribution in [1.29, 1.82) is 0 Å². The Morgan fingerprint density at radius 1 is 0.947 bits per heavy atom. The molecule has 3 nitrogen and oxygen atoms in total. The van der Waals surface area contributed by atoms with E-state index in [9.17, 15) is 15.0 Å². The van der Waals surface area contributed by atoms with E-state index in [1.807, 2.05) is 24.3 Å². The van der Waals surface area contributed by atoms with Gasteiger partial charge in [-0.15, -0.1) is 11.3 Å². The van der Waals surface area contributed by atoms with E-state index in [0.717, 1.165) is 9.40 Å². The second kappa shape index (κ2) is 4.74. The van der Waals surface area contributed by atoms with E-state index in [4.69, 9.17) is 0 Å². The third kappa shape index (κ3) is 1.85. The molecule has 0 radical (unpaired) electrons. The molecular formula is C15H12O3S. The molecule has 0 bridgehead atoms. The van der Waals surface area contributed by atoms with Crippen molar-refractivity contribution < 1.29 is 10.2 Å². The Balaban J connectivity index is 2.54. The fourth-order valence-corrected chi connectivity index (χ4v) is 3.51. The quantitative estimate of drug-likeness (QED) is 0.704. The third-order valence-corrected chi connectivity index (χ3v) is 4.52. The summed E-state index contributed by atoms with van der Waals surface area (Å²) in [5.74, 6) is 0. The first-order chi connectivity index (χ1) is 9.26. The molecule has 1 heterocycles. The van der Waals surface area contributed by atoms with Crippen molar-refractivity contribution in [3.63, 3.8) is 0 Å². The summed E-state index contributed by atoms with van der Waals surface area (Å²) in [7, 11) is 0. The second-order valence-corrected chi connectivity index (χ2v) is 5.38. The molecule has 96 valence electrons. The third-order valence-electron chi connectivity index (χ3n) is 3.27. The van der Waals surface area contributed by atoms with Gasteiger partial charge in [-0.25, -0.2) is 0 Å². The van der Waals surface area contributed by atoms with Gasteiger partial charge < -0.3 is 10.2 Å². The van der Waals surface area contributed by atoms with Crippen molar-refractivity contribution in [2.75, 3.05) is 0 Å². The van der Waals surface area contributed by atoms with Gasteiger partial charge in [-0.2, -0.15) is 0 Å². The number of benzene rings is 2. The molecular weight excluding hydrogens is 260 g/mol. The molecule has 3 aromatic rings. The molecule has 0 aliphatic heterocycles.